The SMILES string of the molecule is Nc1nc(N2CCC[C@H]2c2nn3cccc3c(=O)n2-c2ccccc2)c2[nH]cnc2n1.S. The first kappa shape index (κ1) is 20.1. The van der Waals surface area contributed by atoms with Crippen molar-refractivity contribution in [2.75, 3.05) is 17.2 Å². The number of imidazole rings is 1. The third kappa shape index (κ3) is 3.01. The number of nitrogens with zero attached hydrogens (tertiary/aromatic N) is 7. The zero-order chi connectivity index (χ0) is 20.9. The molecule has 162 valence electrons. The average Bonchev–Trinajstić information content (AvgIpc) is 3.53. The van der Waals surface area contributed by atoms with Gasteiger partial charge in [0.05, 0.1) is 18.1 Å². The Hall–Kier alpha value is -3.86. The van der Waals surface area contributed by atoms with E-state index in [0.29, 0.717) is 22.8 Å². The molecule has 10 nitrogen and oxygen atoms in total. The van der Waals surface area contributed by atoms with Crippen molar-refractivity contribution in [1.82, 2.24) is 34.1 Å². The van der Waals surface area contributed by atoms with Gasteiger partial charge >= 0.3 is 0 Å². The minimum absolute atomic E-state index is 0. The molecule has 1 atom stereocenters. The molecule has 0 saturated carbocycles. The van der Waals surface area contributed by atoms with Crippen molar-refractivity contribution in [1.29, 1.82) is 0 Å². The summed E-state index contributed by atoms with van der Waals surface area (Å²) >= 11 is 0. The Balaban J connectivity index is 0.00000216. The number of benzene rings is 1. The van der Waals surface area contributed by atoms with Crippen LogP contribution in [0.25, 0.3) is 22.4 Å². The summed E-state index contributed by atoms with van der Waals surface area (Å²) in [5.41, 5.74) is 8.39. The Kier molecular flexibility index (Phi) is 4.82. The molecule has 1 saturated heterocycles. The summed E-state index contributed by atoms with van der Waals surface area (Å²) in [5.74, 6) is 1.49. The van der Waals surface area contributed by atoms with Crippen molar-refractivity contribution >= 4 is 41.9 Å². The van der Waals surface area contributed by atoms with Crippen molar-refractivity contribution in [2.24, 2.45) is 0 Å². The van der Waals surface area contributed by atoms with Crippen LogP contribution in [0.5, 0.6) is 0 Å². The van der Waals surface area contributed by atoms with E-state index in [4.69, 9.17) is 10.8 Å². The molecule has 5 heterocycles. The van der Waals surface area contributed by atoms with Crippen LogP contribution in [0.3, 0.4) is 0 Å². The molecular weight excluding hydrogens is 426 g/mol. The maximum atomic E-state index is 13.5. The molecule has 4 aromatic heterocycles. The first-order chi connectivity index (χ1) is 15.2. The molecule has 11 heteroatoms. The van der Waals surface area contributed by atoms with Gasteiger partial charge in [0.2, 0.25) is 5.95 Å². The molecule has 1 aliphatic heterocycles. The van der Waals surface area contributed by atoms with Gasteiger partial charge in [0.25, 0.3) is 5.56 Å². The van der Waals surface area contributed by atoms with Gasteiger partial charge in [-0.25, -0.2) is 9.50 Å². The molecule has 32 heavy (non-hydrogen) atoms. The fourth-order valence-corrected chi connectivity index (χ4v) is 4.38. The highest BCUT2D eigenvalue weighted by Crippen LogP contribution is 2.37. The lowest BCUT2D eigenvalue weighted by Crippen LogP contribution is -2.33. The second-order valence-electron chi connectivity index (χ2n) is 7.53. The van der Waals surface area contributed by atoms with E-state index in [-0.39, 0.29) is 31.0 Å². The van der Waals surface area contributed by atoms with E-state index in [0.717, 1.165) is 30.6 Å². The maximum Gasteiger partial charge on any atom is 0.282 e. The number of rotatable bonds is 3. The Morgan fingerprint density at radius 1 is 1.09 bits per heavy atom. The third-order valence-electron chi connectivity index (χ3n) is 5.71. The molecule has 0 aliphatic carbocycles. The highest BCUT2D eigenvalue weighted by Gasteiger charge is 2.33. The van der Waals surface area contributed by atoms with Crippen LogP contribution < -0.4 is 16.2 Å². The van der Waals surface area contributed by atoms with E-state index < -0.39 is 0 Å². The zero-order valence-corrected chi connectivity index (χ0v) is 18.0. The van der Waals surface area contributed by atoms with E-state index in [1.54, 1.807) is 27.7 Å². The topological polar surface area (TPSA) is 123 Å². The van der Waals surface area contributed by atoms with E-state index in [1.165, 1.54) is 0 Å². The number of nitrogen functional groups attached to an aromatic ring is 1. The highest BCUT2D eigenvalue weighted by molar-refractivity contribution is 7.59. The molecular formula is C21H21N9OS. The summed E-state index contributed by atoms with van der Waals surface area (Å²) in [6.07, 6.45) is 5.13. The van der Waals surface area contributed by atoms with Crippen LogP contribution in [0.1, 0.15) is 24.7 Å². The molecule has 1 aliphatic rings. The lowest BCUT2D eigenvalue weighted by atomic mass is 10.2. The molecule has 5 aromatic rings. The summed E-state index contributed by atoms with van der Waals surface area (Å²) in [6, 6.07) is 13.0. The van der Waals surface area contributed by atoms with Gasteiger partial charge in [-0.3, -0.25) is 9.36 Å². The van der Waals surface area contributed by atoms with E-state index in [2.05, 4.69) is 24.8 Å². The zero-order valence-electron chi connectivity index (χ0n) is 17.0. The van der Waals surface area contributed by atoms with Gasteiger partial charge in [0.15, 0.2) is 17.3 Å². The Morgan fingerprint density at radius 2 is 1.94 bits per heavy atom. The second kappa shape index (κ2) is 7.68. The van der Waals surface area contributed by atoms with Crippen molar-refractivity contribution in [3.63, 3.8) is 0 Å². The average molecular weight is 448 g/mol. The van der Waals surface area contributed by atoms with Crippen LogP contribution in [0.2, 0.25) is 0 Å². The van der Waals surface area contributed by atoms with E-state index >= 15 is 0 Å². The molecule has 0 radical (unpaired) electrons. The van der Waals surface area contributed by atoms with Crippen molar-refractivity contribution < 1.29 is 0 Å². The van der Waals surface area contributed by atoms with Crippen LogP contribution in [0.4, 0.5) is 11.8 Å². The summed E-state index contributed by atoms with van der Waals surface area (Å²) in [6.45, 7) is 0.754. The van der Waals surface area contributed by atoms with Crippen LogP contribution >= 0.6 is 13.5 Å². The summed E-state index contributed by atoms with van der Waals surface area (Å²) in [4.78, 5) is 31.7. The molecule has 0 amide bonds. The normalized spacial score (nSPS) is 16.0. The molecule has 1 aromatic carbocycles. The highest BCUT2D eigenvalue weighted by atomic mass is 32.1. The number of fused-ring (bicyclic) bond motifs is 2. The lowest BCUT2D eigenvalue weighted by molar-refractivity contribution is 0.602. The largest absolute Gasteiger partial charge is 0.368 e. The van der Waals surface area contributed by atoms with Gasteiger partial charge in [0, 0.05) is 12.7 Å². The van der Waals surface area contributed by atoms with Gasteiger partial charge in [-0.1, -0.05) is 18.2 Å². The smallest absolute Gasteiger partial charge is 0.282 e. The number of H-pyrrole nitrogens is 1. The molecule has 0 spiro atoms. The summed E-state index contributed by atoms with van der Waals surface area (Å²) in [7, 11) is 0. The van der Waals surface area contributed by atoms with E-state index in [9.17, 15) is 4.79 Å². The third-order valence-corrected chi connectivity index (χ3v) is 5.71. The van der Waals surface area contributed by atoms with Gasteiger partial charge in [-0.2, -0.15) is 28.6 Å². The van der Waals surface area contributed by atoms with Gasteiger partial charge in [-0.15, -0.1) is 0 Å². The van der Waals surface area contributed by atoms with Gasteiger partial charge in [-0.05, 0) is 37.1 Å². The molecule has 1 fully saturated rings. The number of nitrogens with two attached hydrogens (primary N) is 1. The van der Waals surface area contributed by atoms with Crippen LogP contribution in [-0.2, 0) is 0 Å². The number of aromatic amines is 1. The molecule has 0 unspecified atom stereocenters. The quantitative estimate of drug-likeness (QED) is 0.434. The number of hydrogen-bond acceptors (Lipinski definition) is 7. The standard InChI is InChI=1S/C21H19N9O.H2S/c22-21-25-17-16(23-12-24-17)19(26-21)28-10-4-8-14(28)18-27-29-11-5-9-15(29)20(31)30(18)13-6-2-1-3-7-13;/h1-3,5-7,9,11-12,14H,4,8,10H2,(H3,22,23,24,25,26);1H2/t14-;/m0./s1. The number of nitrogens with one attached hydrogen (secondary N) is 1. The van der Waals surface area contributed by atoms with Crippen LogP contribution in [0, 0.1) is 0 Å². The number of hydrogen-bond donors (Lipinski definition) is 2. The van der Waals surface area contributed by atoms with Crippen molar-refractivity contribution in [2.45, 2.75) is 18.9 Å². The Morgan fingerprint density at radius 3 is 2.78 bits per heavy atom. The van der Waals surface area contributed by atoms with Crippen molar-refractivity contribution in [3.8, 4) is 5.69 Å². The monoisotopic (exact) mass is 447 g/mol. The Bertz CT molecular complexity index is 1470. The summed E-state index contributed by atoms with van der Waals surface area (Å²) in [5, 5.41) is 4.86. The van der Waals surface area contributed by atoms with Gasteiger partial charge < -0.3 is 15.6 Å². The first-order valence-electron chi connectivity index (χ1n) is 10.1. The first-order valence-corrected chi connectivity index (χ1v) is 10.1. The lowest BCUT2D eigenvalue weighted by Gasteiger charge is -2.27. The number of anilines is 2. The number of para-hydroxylation sites is 1. The van der Waals surface area contributed by atoms with Crippen molar-refractivity contribution in [3.05, 3.63) is 71.2 Å². The molecule has 6 rings (SSSR count). The fourth-order valence-electron chi connectivity index (χ4n) is 4.38. The Labute approximate surface area is 189 Å². The minimum Gasteiger partial charge on any atom is -0.368 e. The number of aromatic nitrogens is 7. The van der Waals surface area contributed by atoms with Crippen LogP contribution in [-0.4, -0.2) is 40.7 Å². The predicted octanol–water partition coefficient (Wildman–Crippen LogP) is 2.19. The van der Waals surface area contributed by atoms with E-state index in [1.807, 2.05) is 36.4 Å². The molecule has 0 bridgehead atoms. The molecule has 3 N–H and O–H groups in total. The van der Waals surface area contributed by atoms with Crippen LogP contribution in [0.15, 0.2) is 59.8 Å². The second-order valence-corrected chi connectivity index (χ2v) is 7.53. The summed E-state index contributed by atoms with van der Waals surface area (Å²) < 4.78 is 3.35. The van der Waals surface area contributed by atoms with Gasteiger partial charge in [0.1, 0.15) is 11.0 Å². The predicted molar refractivity (Wildman–Crippen MR) is 127 cm³/mol. The fraction of sp³-hybridized carbons (Fsp3) is 0.190. The minimum atomic E-state index is -0.166. The maximum absolute atomic E-state index is 13.5.